The fraction of sp³-hybridized carbons (Fsp3) is 0.125. The summed E-state index contributed by atoms with van der Waals surface area (Å²) in [6.45, 7) is 0. The molecule has 0 N–H and O–H groups in total. The molecule has 0 radical (unpaired) electrons. The van der Waals surface area contributed by atoms with E-state index in [2.05, 4.69) is 15.9 Å². The van der Waals surface area contributed by atoms with Gasteiger partial charge in [0, 0.05) is 10.0 Å². The number of hydrogen-bond acceptors (Lipinski definition) is 1. The molecule has 1 aromatic carbocycles. The minimum atomic E-state index is -5.01. The van der Waals surface area contributed by atoms with Crippen LogP contribution in [0.15, 0.2) is 16.6 Å². The Morgan fingerprint density at radius 3 is 2.33 bits per heavy atom. The van der Waals surface area contributed by atoms with E-state index in [1.807, 2.05) is 0 Å². The average Bonchev–Trinajstić information content (AvgIpc) is 2.08. The van der Waals surface area contributed by atoms with Crippen LogP contribution in [0.25, 0.3) is 0 Å². The summed E-state index contributed by atoms with van der Waals surface area (Å²) in [5.74, 6) is -2.97. The molecule has 0 bridgehead atoms. The van der Waals surface area contributed by atoms with Crippen molar-refractivity contribution in [2.75, 3.05) is 0 Å². The number of halogens is 6. The third kappa shape index (κ3) is 2.69. The van der Waals surface area contributed by atoms with E-state index in [9.17, 15) is 22.4 Å². The van der Waals surface area contributed by atoms with Gasteiger partial charge in [-0.15, -0.1) is 0 Å². The molecule has 0 aliphatic carbocycles. The first kappa shape index (κ1) is 12.4. The minimum absolute atomic E-state index is 0.285. The summed E-state index contributed by atoms with van der Waals surface area (Å²) in [4.78, 5) is 10.8. The summed E-state index contributed by atoms with van der Waals surface area (Å²) >= 11 is 7.92. The van der Waals surface area contributed by atoms with Gasteiger partial charge >= 0.3 is 6.18 Å². The van der Waals surface area contributed by atoms with Crippen LogP contribution in [-0.4, -0.2) is 12.0 Å². The second kappa shape index (κ2) is 4.09. The minimum Gasteiger partial charge on any atom is -0.284 e. The summed E-state index contributed by atoms with van der Waals surface area (Å²) in [7, 11) is 0. The number of carbonyl (C=O) groups is 1. The van der Waals surface area contributed by atoms with Crippen LogP contribution in [-0.2, 0) is 0 Å². The highest BCUT2D eigenvalue weighted by Gasteiger charge is 2.40. The number of ketones is 1. The van der Waals surface area contributed by atoms with Crippen molar-refractivity contribution in [1.82, 2.24) is 0 Å². The highest BCUT2D eigenvalue weighted by atomic mass is 79.9. The summed E-state index contributed by atoms with van der Waals surface area (Å²) in [6, 6.07) is 1.35. The molecule has 0 atom stereocenters. The molecule has 15 heavy (non-hydrogen) atoms. The lowest BCUT2D eigenvalue weighted by Gasteiger charge is -2.07. The molecule has 82 valence electrons. The Morgan fingerprint density at radius 1 is 1.33 bits per heavy atom. The Kier molecular flexibility index (Phi) is 3.40. The first-order chi connectivity index (χ1) is 6.73. The van der Waals surface area contributed by atoms with E-state index in [4.69, 9.17) is 11.6 Å². The molecule has 0 saturated carbocycles. The Hall–Kier alpha value is -0.620. The van der Waals surface area contributed by atoms with E-state index in [0.29, 0.717) is 12.1 Å². The highest BCUT2D eigenvalue weighted by Crippen LogP contribution is 2.30. The van der Waals surface area contributed by atoms with Gasteiger partial charge in [0.15, 0.2) is 0 Å². The largest absolute Gasteiger partial charge is 0.454 e. The Morgan fingerprint density at radius 2 is 1.87 bits per heavy atom. The predicted octanol–water partition coefficient (Wildman–Crippen LogP) is 3.99. The molecule has 0 heterocycles. The number of rotatable bonds is 1. The summed E-state index contributed by atoms with van der Waals surface area (Å²) < 4.78 is 48.6. The zero-order chi connectivity index (χ0) is 11.8. The fourth-order valence-electron chi connectivity index (χ4n) is 0.849. The molecular weight excluding hydrogens is 303 g/mol. The van der Waals surface area contributed by atoms with Crippen LogP contribution < -0.4 is 0 Å². The lowest BCUT2D eigenvalue weighted by atomic mass is 10.1. The van der Waals surface area contributed by atoms with Crippen LogP contribution in [0.4, 0.5) is 17.6 Å². The van der Waals surface area contributed by atoms with Gasteiger partial charge in [-0.25, -0.2) is 4.39 Å². The number of hydrogen-bond donors (Lipinski definition) is 0. The average molecular weight is 305 g/mol. The first-order valence-electron chi connectivity index (χ1n) is 3.49. The van der Waals surface area contributed by atoms with E-state index in [0.717, 1.165) is 0 Å². The van der Waals surface area contributed by atoms with E-state index in [1.54, 1.807) is 0 Å². The standard InChI is InChI=1S/C8H2BrClF4O/c9-4-2-6(11)5(10)1-3(4)7(15)8(12,13)14/h1-2H. The van der Waals surface area contributed by atoms with E-state index in [1.165, 1.54) is 0 Å². The van der Waals surface area contributed by atoms with Gasteiger partial charge in [-0.3, -0.25) is 4.79 Å². The molecule has 1 nitrogen and oxygen atoms in total. The lowest BCUT2D eigenvalue weighted by Crippen LogP contribution is -2.23. The Labute approximate surface area is 95.2 Å². The molecule has 0 unspecified atom stereocenters. The molecule has 1 aromatic rings. The van der Waals surface area contributed by atoms with Crippen molar-refractivity contribution in [3.05, 3.63) is 33.0 Å². The van der Waals surface area contributed by atoms with Crippen LogP contribution in [0.5, 0.6) is 0 Å². The predicted molar refractivity (Wildman–Crippen MR) is 49.5 cm³/mol. The van der Waals surface area contributed by atoms with Crippen molar-refractivity contribution in [2.24, 2.45) is 0 Å². The van der Waals surface area contributed by atoms with Gasteiger partial charge < -0.3 is 0 Å². The molecule has 0 aromatic heterocycles. The molecule has 0 aliphatic heterocycles. The number of alkyl halides is 3. The maximum atomic E-state index is 12.8. The van der Waals surface area contributed by atoms with E-state index >= 15 is 0 Å². The van der Waals surface area contributed by atoms with Gasteiger partial charge in [0.2, 0.25) is 0 Å². The fourth-order valence-corrected chi connectivity index (χ4v) is 1.51. The Balaban J connectivity index is 3.28. The van der Waals surface area contributed by atoms with Gasteiger partial charge in [0.1, 0.15) is 5.82 Å². The molecule has 0 saturated heterocycles. The molecule has 7 heteroatoms. The summed E-state index contributed by atoms with van der Waals surface area (Å²) in [5.41, 5.74) is -0.714. The summed E-state index contributed by atoms with van der Waals surface area (Å²) in [5, 5.41) is -0.536. The van der Waals surface area contributed by atoms with Crippen LogP contribution >= 0.6 is 27.5 Å². The molecule has 0 aliphatic rings. The zero-order valence-corrected chi connectivity index (χ0v) is 9.17. The zero-order valence-electron chi connectivity index (χ0n) is 6.83. The lowest BCUT2D eigenvalue weighted by molar-refractivity contribution is -0.0885. The number of benzene rings is 1. The molecule has 0 fully saturated rings. The van der Waals surface area contributed by atoms with Crippen LogP contribution in [0, 0.1) is 5.82 Å². The first-order valence-corrected chi connectivity index (χ1v) is 4.66. The molecule has 0 amide bonds. The Bertz CT molecular complexity index is 416. The third-order valence-corrected chi connectivity index (χ3v) is 2.46. The smallest absolute Gasteiger partial charge is 0.284 e. The van der Waals surface area contributed by atoms with Crippen LogP contribution in [0.3, 0.4) is 0 Å². The van der Waals surface area contributed by atoms with Crippen LogP contribution in [0.1, 0.15) is 10.4 Å². The van der Waals surface area contributed by atoms with Gasteiger partial charge in [0.25, 0.3) is 5.78 Å². The maximum absolute atomic E-state index is 12.8. The monoisotopic (exact) mass is 304 g/mol. The van der Waals surface area contributed by atoms with Crippen LogP contribution in [0.2, 0.25) is 5.02 Å². The quantitative estimate of drug-likeness (QED) is 0.436. The van der Waals surface area contributed by atoms with E-state index < -0.39 is 28.4 Å². The molecule has 0 spiro atoms. The summed E-state index contributed by atoms with van der Waals surface area (Å²) in [6.07, 6.45) is -5.01. The van der Waals surface area contributed by atoms with Crippen molar-refractivity contribution in [3.63, 3.8) is 0 Å². The SMILES string of the molecule is O=C(c1cc(Cl)c(F)cc1Br)C(F)(F)F. The van der Waals surface area contributed by atoms with Gasteiger partial charge in [0.05, 0.1) is 5.02 Å². The third-order valence-electron chi connectivity index (χ3n) is 1.51. The number of carbonyl (C=O) groups excluding carboxylic acids is 1. The topological polar surface area (TPSA) is 17.1 Å². The maximum Gasteiger partial charge on any atom is 0.454 e. The van der Waals surface area contributed by atoms with Crippen molar-refractivity contribution < 1.29 is 22.4 Å². The second-order valence-electron chi connectivity index (χ2n) is 2.57. The second-order valence-corrected chi connectivity index (χ2v) is 3.83. The van der Waals surface area contributed by atoms with Gasteiger partial charge in [-0.05, 0) is 28.1 Å². The highest BCUT2D eigenvalue weighted by molar-refractivity contribution is 9.10. The van der Waals surface area contributed by atoms with Gasteiger partial charge in [-0.2, -0.15) is 13.2 Å². The molecule has 1 rings (SSSR count). The van der Waals surface area contributed by atoms with Crippen molar-refractivity contribution in [3.8, 4) is 0 Å². The number of Topliss-reactive ketones (excluding diaryl/α,β-unsaturated/α-hetero) is 1. The molecular formula is C8H2BrClF4O. The van der Waals surface area contributed by atoms with Crippen molar-refractivity contribution in [1.29, 1.82) is 0 Å². The van der Waals surface area contributed by atoms with Crippen molar-refractivity contribution in [2.45, 2.75) is 6.18 Å². The van der Waals surface area contributed by atoms with E-state index in [-0.39, 0.29) is 4.47 Å². The van der Waals surface area contributed by atoms with Gasteiger partial charge in [-0.1, -0.05) is 11.6 Å². The normalized spacial score (nSPS) is 11.6. The van der Waals surface area contributed by atoms with Crippen molar-refractivity contribution >= 4 is 33.3 Å².